The first-order valence-electron chi connectivity index (χ1n) is 22.5. The van der Waals surface area contributed by atoms with Gasteiger partial charge in [-0.05, 0) is 88.2 Å². The lowest BCUT2D eigenvalue weighted by atomic mass is 9.31. The fourth-order valence-corrected chi connectivity index (χ4v) is 10.4. The molecular formula is C60H57B. The third-order valence-electron chi connectivity index (χ3n) is 13.9. The Bertz CT molecular complexity index is 2640. The summed E-state index contributed by atoms with van der Waals surface area (Å²) in [5.74, 6) is 0.840. The first-order chi connectivity index (χ1) is 29.9. The van der Waals surface area contributed by atoms with Crippen LogP contribution in [-0.2, 0) is 18.3 Å². The van der Waals surface area contributed by atoms with Crippen molar-refractivity contribution < 1.29 is 0 Å². The number of fused-ring (bicyclic) bond motifs is 2. The van der Waals surface area contributed by atoms with E-state index in [2.05, 4.69) is 234 Å². The molecule has 9 rings (SSSR count). The van der Waals surface area contributed by atoms with Crippen LogP contribution in [0.25, 0.3) is 0 Å². The van der Waals surface area contributed by atoms with Gasteiger partial charge in [0, 0.05) is 23.2 Å². The highest BCUT2D eigenvalue weighted by Gasteiger charge is 2.39. The number of aryl methyl sites for hydroxylation is 3. The molecule has 0 N–H and O–H groups in total. The molecule has 2 atom stereocenters. The van der Waals surface area contributed by atoms with Crippen LogP contribution >= 0.6 is 0 Å². The molecule has 0 fully saturated rings. The smallest absolute Gasteiger partial charge is 0.0667 e. The first-order valence-corrected chi connectivity index (χ1v) is 22.5. The average Bonchev–Trinajstić information content (AvgIpc) is 3.32. The van der Waals surface area contributed by atoms with Crippen molar-refractivity contribution in [2.45, 2.75) is 76.5 Å². The highest BCUT2D eigenvalue weighted by atomic mass is 14.3. The summed E-state index contributed by atoms with van der Waals surface area (Å²) < 4.78 is 0. The topological polar surface area (TPSA) is 0 Å². The molecule has 1 heteroatoms. The highest BCUT2D eigenvalue weighted by molar-refractivity contribution is 6.97. The van der Waals surface area contributed by atoms with Gasteiger partial charge in [0.05, 0.1) is 0 Å². The molecule has 2 unspecified atom stereocenters. The molecule has 0 bridgehead atoms. The molecule has 0 radical (unpaired) electrons. The molecule has 1 aliphatic heterocycles. The Morgan fingerprint density at radius 1 is 0.492 bits per heavy atom. The van der Waals surface area contributed by atoms with Crippen LogP contribution in [0.15, 0.2) is 206 Å². The molecule has 0 spiro atoms. The first kappa shape index (κ1) is 40.2. The van der Waals surface area contributed by atoms with Crippen LogP contribution in [0.4, 0.5) is 0 Å². The third kappa shape index (κ3) is 8.32. The molecular weight excluding hydrogens is 731 g/mol. The highest BCUT2D eigenvalue weighted by Crippen LogP contribution is 2.39. The largest absolute Gasteiger partial charge is 0.242 e. The van der Waals surface area contributed by atoms with E-state index in [-0.39, 0.29) is 24.0 Å². The average molecular weight is 789 g/mol. The van der Waals surface area contributed by atoms with Gasteiger partial charge in [-0.2, -0.15) is 0 Å². The van der Waals surface area contributed by atoms with Gasteiger partial charge in [0.15, 0.2) is 0 Å². The second kappa shape index (κ2) is 17.8. The predicted octanol–water partition coefficient (Wildman–Crippen LogP) is 12.8. The van der Waals surface area contributed by atoms with Crippen molar-refractivity contribution in [3.05, 3.63) is 267 Å². The Kier molecular flexibility index (Phi) is 11.8. The summed E-state index contributed by atoms with van der Waals surface area (Å²) in [6, 6.07) is 77.6. The molecule has 1 heterocycles. The van der Waals surface area contributed by atoms with Crippen LogP contribution in [0.2, 0.25) is 0 Å². The molecule has 0 nitrogen and oxygen atoms in total. The molecule has 0 aliphatic carbocycles. The second-order valence-corrected chi connectivity index (χ2v) is 17.9. The van der Waals surface area contributed by atoms with Gasteiger partial charge in [0.25, 0.3) is 0 Å². The number of hydrogen-bond acceptors (Lipinski definition) is 0. The summed E-state index contributed by atoms with van der Waals surface area (Å²) in [6.45, 7) is 9.72. The van der Waals surface area contributed by atoms with Gasteiger partial charge in [-0.1, -0.05) is 249 Å². The lowest BCUT2D eigenvalue weighted by molar-refractivity contribution is 0.635. The molecule has 0 saturated heterocycles. The number of hydrogen-bond donors (Lipinski definition) is 0. The Labute approximate surface area is 365 Å². The van der Waals surface area contributed by atoms with Gasteiger partial charge < -0.3 is 0 Å². The van der Waals surface area contributed by atoms with Crippen LogP contribution in [0.3, 0.4) is 0 Å². The molecule has 0 amide bonds. The summed E-state index contributed by atoms with van der Waals surface area (Å²) in [7, 11) is 0. The van der Waals surface area contributed by atoms with Gasteiger partial charge in [-0.15, -0.1) is 0 Å². The van der Waals surface area contributed by atoms with Crippen LogP contribution < -0.4 is 16.4 Å². The minimum atomic E-state index is -0.149. The summed E-state index contributed by atoms with van der Waals surface area (Å²) in [5.41, 5.74) is 19.7. The lowest BCUT2D eigenvalue weighted by Gasteiger charge is -2.38. The fraction of sp³-hybridized carbons (Fsp3) is 0.200. The van der Waals surface area contributed by atoms with E-state index in [4.69, 9.17) is 0 Å². The summed E-state index contributed by atoms with van der Waals surface area (Å²) >= 11 is 0. The predicted molar refractivity (Wildman–Crippen MR) is 261 cm³/mol. The molecule has 8 aromatic carbocycles. The fourth-order valence-electron chi connectivity index (χ4n) is 10.4. The Hall–Kier alpha value is -6.18. The van der Waals surface area contributed by atoms with Crippen molar-refractivity contribution in [2.24, 2.45) is 0 Å². The summed E-state index contributed by atoms with van der Waals surface area (Å²) in [5, 5.41) is 0. The summed E-state index contributed by atoms with van der Waals surface area (Å²) in [4.78, 5) is 0. The SMILES string of the molecule is Cc1cc(C(C)(C)c2ccccc2)cc2c1B(c1ccc(CCC(c3ccccc3)c3ccccc3)cc1C(C)c1ccccc1)c1ccccc1C2CCc1ccccc1. The van der Waals surface area contributed by atoms with Gasteiger partial charge in [0.2, 0.25) is 6.71 Å². The number of benzene rings is 8. The molecule has 61 heavy (non-hydrogen) atoms. The Morgan fingerprint density at radius 3 is 1.69 bits per heavy atom. The molecule has 300 valence electrons. The van der Waals surface area contributed by atoms with Gasteiger partial charge in [-0.25, -0.2) is 0 Å². The molecule has 0 aromatic heterocycles. The van der Waals surface area contributed by atoms with Crippen molar-refractivity contribution in [3.8, 4) is 0 Å². The quantitative estimate of drug-likeness (QED) is 0.102. The van der Waals surface area contributed by atoms with Crippen LogP contribution in [0, 0.1) is 6.92 Å². The molecule has 1 aliphatic rings. The maximum absolute atomic E-state index is 2.61. The van der Waals surface area contributed by atoms with Crippen LogP contribution in [-0.4, -0.2) is 6.71 Å². The van der Waals surface area contributed by atoms with E-state index in [0.717, 1.165) is 25.7 Å². The van der Waals surface area contributed by atoms with Crippen molar-refractivity contribution >= 4 is 23.1 Å². The van der Waals surface area contributed by atoms with Crippen LogP contribution in [0.1, 0.15) is 113 Å². The Morgan fingerprint density at radius 2 is 1.05 bits per heavy atom. The van der Waals surface area contributed by atoms with Crippen molar-refractivity contribution in [1.82, 2.24) is 0 Å². The van der Waals surface area contributed by atoms with Crippen LogP contribution in [0.5, 0.6) is 0 Å². The van der Waals surface area contributed by atoms with Gasteiger partial charge in [0.1, 0.15) is 0 Å². The third-order valence-corrected chi connectivity index (χ3v) is 13.9. The van der Waals surface area contributed by atoms with Crippen molar-refractivity contribution in [2.75, 3.05) is 0 Å². The van der Waals surface area contributed by atoms with Gasteiger partial charge >= 0.3 is 0 Å². The zero-order valence-electron chi connectivity index (χ0n) is 36.3. The zero-order chi connectivity index (χ0) is 41.8. The van der Waals surface area contributed by atoms with Gasteiger partial charge in [-0.3, -0.25) is 0 Å². The molecule has 8 aromatic rings. The van der Waals surface area contributed by atoms with E-state index >= 15 is 0 Å². The standard InChI is InChI=1S/C60H57B/c1-43-40-51(60(3,4)50-30-18-9-19-31-50)42-56-53(38-34-45-22-10-5-11-23-45)54-32-20-21-33-57(54)61(59(43)56)58-39-36-46(41-55(58)44(2)47-24-12-6-13-25-47)35-37-52(48-26-14-7-15-27-48)49-28-16-8-17-29-49/h5-33,36,39-42,44,52-53H,34-35,37-38H2,1-4H3. The summed E-state index contributed by atoms with van der Waals surface area (Å²) in [6.07, 6.45) is 4.14. The minimum Gasteiger partial charge on any atom is -0.0667 e. The van der Waals surface area contributed by atoms with E-state index < -0.39 is 0 Å². The van der Waals surface area contributed by atoms with E-state index in [1.54, 1.807) is 0 Å². The lowest BCUT2D eigenvalue weighted by Crippen LogP contribution is -2.59. The zero-order valence-corrected chi connectivity index (χ0v) is 36.3. The van der Waals surface area contributed by atoms with E-state index in [1.165, 1.54) is 77.6 Å². The maximum atomic E-state index is 2.61. The molecule has 0 saturated carbocycles. The minimum absolute atomic E-state index is 0.115. The monoisotopic (exact) mass is 788 g/mol. The van der Waals surface area contributed by atoms with E-state index in [9.17, 15) is 0 Å². The normalized spacial score (nSPS) is 14.0. The Balaban J connectivity index is 1.19. The van der Waals surface area contributed by atoms with Crippen molar-refractivity contribution in [3.63, 3.8) is 0 Å². The van der Waals surface area contributed by atoms with E-state index in [1.807, 2.05) is 0 Å². The van der Waals surface area contributed by atoms with Crippen molar-refractivity contribution in [1.29, 1.82) is 0 Å². The van der Waals surface area contributed by atoms with E-state index in [0.29, 0.717) is 5.92 Å². The number of rotatable bonds is 13. The second-order valence-electron chi connectivity index (χ2n) is 17.9. The maximum Gasteiger partial charge on any atom is 0.242 e.